The van der Waals surface area contributed by atoms with Gasteiger partial charge in [-0.1, -0.05) is 15.9 Å². The van der Waals surface area contributed by atoms with Crippen LogP contribution < -0.4 is 4.74 Å². The van der Waals surface area contributed by atoms with Crippen LogP contribution in [0.2, 0.25) is 0 Å². The minimum absolute atomic E-state index is 0.142. The third kappa shape index (κ3) is 2.52. The number of halogens is 2. The van der Waals surface area contributed by atoms with Crippen molar-refractivity contribution in [3.05, 3.63) is 52.8 Å². The van der Waals surface area contributed by atoms with Gasteiger partial charge in [0.2, 0.25) is 0 Å². The lowest BCUT2D eigenvalue weighted by atomic mass is 10.3. The van der Waals surface area contributed by atoms with Gasteiger partial charge in [0.25, 0.3) is 0 Å². The zero-order valence-corrected chi connectivity index (χ0v) is 9.74. The van der Waals surface area contributed by atoms with Crippen LogP contribution in [-0.2, 0) is 0 Å². The zero-order chi connectivity index (χ0) is 11.5. The molecule has 0 atom stereocenters. The Morgan fingerprint density at radius 3 is 2.38 bits per heavy atom. The van der Waals surface area contributed by atoms with Crippen molar-refractivity contribution in [2.45, 2.75) is 0 Å². The monoisotopic (exact) mass is 282 g/mol. The van der Waals surface area contributed by atoms with Crippen LogP contribution in [0.15, 0.2) is 46.9 Å². The lowest BCUT2D eigenvalue weighted by Crippen LogP contribution is -1.87. The second-order valence-electron chi connectivity index (χ2n) is 3.17. The fourth-order valence-corrected chi connectivity index (χ4v) is 1.53. The van der Waals surface area contributed by atoms with Crippen LogP contribution in [0.25, 0.3) is 0 Å². The predicted octanol–water partition coefficient (Wildman–Crippen LogP) is 4.09. The Balaban J connectivity index is 2.23. The number of aromatic hydroxyl groups is 1. The van der Waals surface area contributed by atoms with E-state index in [4.69, 9.17) is 9.84 Å². The molecule has 4 heteroatoms. The van der Waals surface area contributed by atoms with Crippen molar-refractivity contribution in [1.29, 1.82) is 0 Å². The molecule has 16 heavy (non-hydrogen) atoms. The van der Waals surface area contributed by atoms with E-state index in [2.05, 4.69) is 15.9 Å². The highest BCUT2D eigenvalue weighted by atomic mass is 79.9. The van der Waals surface area contributed by atoms with Gasteiger partial charge in [-0.15, -0.1) is 0 Å². The maximum absolute atomic E-state index is 13.4. The molecule has 0 saturated heterocycles. The van der Waals surface area contributed by atoms with E-state index in [9.17, 15) is 4.39 Å². The van der Waals surface area contributed by atoms with E-state index < -0.39 is 5.82 Å². The van der Waals surface area contributed by atoms with Gasteiger partial charge in [-0.25, -0.2) is 4.39 Å². The molecular weight excluding hydrogens is 275 g/mol. The summed E-state index contributed by atoms with van der Waals surface area (Å²) in [7, 11) is 0. The van der Waals surface area contributed by atoms with Crippen LogP contribution >= 0.6 is 15.9 Å². The minimum Gasteiger partial charge on any atom is -0.508 e. The third-order valence-corrected chi connectivity index (χ3v) is 2.45. The Hall–Kier alpha value is -1.55. The smallest absolute Gasteiger partial charge is 0.166 e. The van der Waals surface area contributed by atoms with E-state index in [1.807, 2.05) is 0 Å². The van der Waals surface area contributed by atoms with Crippen molar-refractivity contribution in [1.82, 2.24) is 0 Å². The molecule has 2 aromatic rings. The normalized spacial score (nSPS) is 10.1. The Morgan fingerprint density at radius 1 is 1.06 bits per heavy atom. The summed E-state index contributed by atoms with van der Waals surface area (Å²) in [6.07, 6.45) is 0. The van der Waals surface area contributed by atoms with E-state index in [-0.39, 0.29) is 11.5 Å². The van der Waals surface area contributed by atoms with Crippen molar-refractivity contribution in [3.8, 4) is 17.2 Å². The lowest BCUT2D eigenvalue weighted by molar-refractivity contribution is 0.438. The molecule has 0 unspecified atom stereocenters. The van der Waals surface area contributed by atoms with Crippen LogP contribution in [0.3, 0.4) is 0 Å². The molecule has 0 heterocycles. The molecule has 2 rings (SSSR count). The lowest BCUT2D eigenvalue weighted by Gasteiger charge is -2.06. The second kappa shape index (κ2) is 4.53. The molecule has 0 fully saturated rings. The second-order valence-corrected chi connectivity index (χ2v) is 4.09. The highest BCUT2D eigenvalue weighted by Gasteiger charge is 2.04. The number of hydrogen-bond acceptors (Lipinski definition) is 2. The number of rotatable bonds is 2. The molecule has 0 aliphatic rings. The summed E-state index contributed by atoms with van der Waals surface area (Å²) >= 11 is 3.16. The molecule has 0 aliphatic carbocycles. The Morgan fingerprint density at radius 2 is 1.75 bits per heavy atom. The number of hydrogen-bond donors (Lipinski definition) is 1. The van der Waals surface area contributed by atoms with Crippen molar-refractivity contribution in [3.63, 3.8) is 0 Å². The first kappa shape index (κ1) is 11.0. The van der Waals surface area contributed by atoms with Crippen LogP contribution in [0.1, 0.15) is 0 Å². The van der Waals surface area contributed by atoms with Gasteiger partial charge in [0.05, 0.1) is 0 Å². The maximum Gasteiger partial charge on any atom is 0.166 e. The first-order valence-corrected chi connectivity index (χ1v) is 5.36. The summed E-state index contributed by atoms with van der Waals surface area (Å²) in [4.78, 5) is 0. The highest BCUT2D eigenvalue weighted by Crippen LogP contribution is 2.27. The Bertz CT molecular complexity index is 497. The molecule has 2 nitrogen and oxygen atoms in total. The maximum atomic E-state index is 13.4. The van der Waals surface area contributed by atoms with Crippen molar-refractivity contribution < 1.29 is 14.2 Å². The third-order valence-electron chi connectivity index (χ3n) is 1.96. The number of phenols is 1. The molecule has 0 aliphatic heterocycles. The molecular formula is C12H8BrFO2. The molecule has 0 saturated carbocycles. The van der Waals surface area contributed by atoms with E-state index in [1.54, 1.807) is 18.2 Å². The van der Waals surface area contributed by atoms with E-state index in [1.165, 1.54) is 24.3 Å². The van der Waals surface area contributed by atoms with Gasteiger partial charge in [-0.2, -0.15) is 0 Å². The number of benzene rings is 2. The molecule has 2 aromatic carbocycles. The summed E-state index contributed by atoms with van der Waals surface area (Å²) < 4.78 is 19.4. The van der Waals surface area contributed by atoms with Crippen molar-refractivity contribution in [2.75, 3.05) is 0 Å². The topological polar surface area (TPSA) is 29.5 Å². The molecule has 82 valence electrons. The van der Waals surface area contributed by atoms with E-state index in [0.29, 0.717) is 10.2 Å². The quantitative estimate of drug-likeness (QED) is 0.899. The standard InChI is InChI=1S/C12H8BrFO2/c13-8-1-6-12(11(14)7-8)16-10-4-2-9(15)3-5-10/h1-7,15H. The molecule has 0 radical (unpaired) electrons. The zero-order valence-electron chi connectivity index (χ0n) is 8.15. The van der Waals surface area contributed by atoms with Crippen LogP contribution in [0, 0.1) is 5.82 Å². The molecule has 1 N–H and O–H groups in total. The summed E-state index contributed by atoms with van der Waals surface area (Å²) in [5.41, 5.74) is 0. The molecule has 0 spiro atoms. The average Bonchev–Trinajstić information content (AvgIpc) is 2.25. The van der Waals surface area contributed by atoms with Gasteiger partial charge in [-0.05, 0) is 42.5 Å². The van der Waals surface area contributed by atoms with E-state index in [0.717, 1.165) is 0 Å². The largest absolute Gasteiger partial charge is 0.508 e. The average molecular weight is 283 g/mol. The van der Waals surface area contributed by atoms with Gasteiger partial charge >= 0.3 is 0 Å². The van der Waals surface area contributed by atoms with Crippen molar-refractivity contribution in [2.24, 2.45) is 0 Å². The molecule has 0 bridgehead atoms. The Kier molecular flexibility index (Phi) is 3.10. The molecule has 0 amide bonds. The van der Waals surface area contributed by atoms with Gasteiger partial charge in [0.15, 0.2) is 11.6 Å². The highest BCUT2D eigenvalue weighted by molar-refractivity contribution is 9.10. The first-order valence-electron chi connectivity index (χ1n) is 4.57. The summed E-state index contributed by atoms with van der Waals surface area (Å²) in [5, 5.41) is 9.08. The first-order chi connectivity index (χ1) is 7.65. The van der Waals surface area contributed by atoms with Gasteiger partial charge in [0, 0.05) is 4.47 Å². The SMILES string of the molecule is Oc1ccc(Oc2ccc(Br)cc2F)cc1. The van der Waals surface area contributed by atoms with Gasteiger partial charge in [-0.3, -0.25) is 0 Å². The summed E-state index contributed by atoms with van der Waals surface area (Å²) in [6, 6.07) is 10.6. The fraction of sp³-hybridized carbons (Fsp3) is 0. The van der Waals surface area contributed by atoms with Gasteiger partial charge < -0.3 is 9.84 Å². The minimum atomic E-state index is -0.442. The Labute approximate surface area is 100 Å². The number of ether oxygens (including phenoxy) is 1. The molecule has 0 aromatic heterocycles. The fourth-order valence-electron chi connectivity index (χ4n) is 1.20. The summed E-state index contributed by atoms with van der Waals surface area (Å²) in [5.74, 6) is 0.319. The van der Waals surface area contributed by atoms with Crippen LogP contribution in [0.5, 0.6) is 17.2 Å². The van der Waals surface area contributed by atoms with Crippen molar-refractivity contribution >= 4 is 15.9 Å². The van der Waals surface area contributed by atoms with Crippen LogP contribution in [-0.4, -0.2) is 5.11 Å². The number of phenolic OH excluding ortho intramolecular Hbond substituents is 1. The van der Waals surface area contributed by atoms with Crippen LogP contribution in [0.4, 0.5) is 4.39 Å². The van der Waals surface area contributed by atoms with E-state index >= 15 is 0 Å². The summed E-state index contributed by atoms with van der Waals surface area (Å²) in [6.45, 7) is 0. The van der Waals surface area contributed by atoms with Gasteiger partial charge in [0.1, 0.15) is 11.5 Å². The predicted molar refractivity (Wildman–Crippen MR) is 62.3 cm³/mol.